The largest absolute Gasteiger partial charge is 1.00 e. The SMILES string of the molecule is CCP(CC)CC.Nc1nc([S-])c2[nH]cnc2n1.[Au+]. The molecule has 3 N–H and O–H groups in total. The maximum absolute atomic E-state index is 5.34. The Bertz CT molecular complexity index is 483. The molecule has 0 aliphatic rings. The Morgan fingerprint density at radius 1 is 1.21 bits per heavy atom. The van der Waals surface area contributed by atoms with Crippen molar-refractivity contribution < 1.29 is 22.4 Å². The first-order valence-corrected chi connectivity index (χ1v) is 8.28. The first-order valence-electron chi connectivity index (χ1n) is 5.98. The molecular weight excluding hydrogens is 462 g/mol. The van der Waals surface area contributed by atoms with Gasteiger partial charge in [-0.2, -0.15) is 4.98 Å². The summed E-state index contributed by atoms with van der Waals surface area (Å²) in [6, 6.07) is 0. The van der Waals surface area contributed by atoms with Gasteiger partial charge in [0, 0.05) is 0 Å². The average molecular weight is 481 g/mol. The number of aromatic nitrogens is 4. The van der Waals surface area contributed by atoms with E-state index in [0.29, 0.717) is 24.1 Å². The van der Waals surface area contributed by atoms with Crippen molar-refractivity contribution >= 4 is 37.7 Å². The molecular formula is C11H19AuN5PS. The number of anilines is 1. The molecule has 0 spiro atoms. The van der Waals surface area contributed by atoms with Crippen LogP contribution in [0.2, 0.25) is 0 Å². The number of hydrogen-bond donors (Lipinski definition) is 2. The Morgan fingerprint density at radius 3 is 2.26 bits per heavy atom. The van der Waals surface area contributed by atoms with Crippen LogP contribution in [0.4, 0.5) is 5.95 Å². The molecule has 19 heavy (non-hydrogen) atoms. The molecule has 110 valence electrons. The standard InChI is InChI=1S/C6H15P.C5H5N5S.Au/c1-4-7(5-2)6-3;6-5-9-3-2(4(11)10-5)7-1-8-3;/h4-6H2,1-3H3;1H,(H4,6,7,8,9,10,11);/q;;+1/p-1. The molecule has 0 amide bonds. The van der Waals surface area contributed by atoms with Crippen LogP contribution in [0.1, 0.15) is 20.8 Å². The van der Waals surface area contributed by atoms with Gasteiger partial charge in [0.05, 0.1) is 11.8 Å². The van der Waals surface area contributed by atoms with Gasteiger partial charge in [-0.3, -0.25) is 0 Å². The van der Waals surface area contributed by atoms with Gasteiger partial charge in [-0.05, 0) is 18.5 Å². The second kappa shape index (κ2) is 9.61. The first kappa shape index (κ1) is 18.7. The molecule has 2 rings (SSSR count). The van der Waals surface area contributed by atoms with Crippen molar-refractivity contribution in [1.29, 1.82) is 0 Å². The van der Waals surface area contributed by atoms with E-state index in [1.807, 2.05) is 0 Å². The van der Waals surface area contributed by atoms with Crippen LogP contribution in [0.5, 0.6) is 0 Å². The second-order valence-electron chi connectivity index (χ2n) is 3.61. The van der Waals surface area contributed by atoms with Crippen LogP contribution >= 0.6 is 7.92 Å². The van der Waals surface area contributed by atoms with Crippen molar-refractivity contribution in [3.05, 3.63) is 6.33 Å². The molecule has 0 aliphatic heterocycles. The van der Waals surface area contributed by atoms with Crippen LogP contribution in [0.25, 0.3) is 11.2 Å². The molecule has 5 nitrogen and oxygen atoms in total. The Hall–Kier alpha value is -0.260. The van der Waals surface area contributed by atoms with E-state index < -0.39 is 0 Å². The van der Waals surface area contributed by atoms with Gasteiger partial charge in [0.15, 0.2) is 5.65 Å². The third-order valence-corrected chi connectivity index (χ3v) is 5.59. The molecule has 2 aromatic heterocycles. The minimum absolute atomic E-state index is 0. The predicted octanol–water partition coefficient (Wildman–Crippen LogP) is 2.37. The van der Waals surface area contributed by atoms with E-state index in [-0.39, 0.29) is 28.3 Å². The molecule has 2 aromatic rings. The summed E-state index contributed by atoms with van der Waals surface area (Å²) in [6.45, 7) is 6.87. The summed E-state index contributed by atoms with van der Waals surface area (Å²) in [5.41, 5.74) is 6.52. The van der Waals surface area contributed by atoms with E-state index in [1.54, 1.807) is 0 Å². The zero-order valence-electron chi connectivity index (χ0n) is 11.3. The van der Waals surface area contributed by atoms with Crippen LogP contribution in [0.3, 0.4) is 0 Å². The smallest absolute Gasteiger partial charge is 0.758 e. The van der Waals surface area contributed by atoms with Crippen molar-refractivity contribution in [3.8, 4) is 0 Å². The van der Waals surface area contributed by atoms with Crippen LogP contribution in [-0.2, 0) is 35.0 Å². The number of aromatic amines is 1. The number of fused-ring (bicyclic) bond motifs is 1. The third kappa shape index (κ3) is 5.71. The number of nitrogen functional groups attached to an aromatic ring is 1. The maximum atomic E-state index is 5.34. The Labute approximate surface area is 136 Å². The average Bonchev–Trinajstić information content (AvgIpc) is 2.80. The minimum Gasteiger partial charge on any atom is -0.758 e. The molecule has 0 aliphatic carbocycles. The van der Waals surface area contributed by atoms with Gasteiger partial charge in [-0.25, -0.2) is 9.97 Å². The molecule has 0 atom stereocenters. The van der Waals surface area contributed by atoms with Crippen molar-refractivity contribution in [1.82, 2.24) is 19.9 Å². The zero-order valence-corrected chi connectivity index (χ0v) is 15.2. The third-order valence-electron chi connectivity index (χ3n) is 2.61. The van der Waals surface area contributed by atoms with E-state index in [1.165, 1.54) is 24.8 Å². The number of rotatable bonds is 3. The number of imidazole rings is 1. The molecule has 0 bridgehead atoms. The fraction of sp³-hybridized carbons (Fsp3) is 0.545. The topological polar surface area (TPSA) is 80.5 Å². The first-order chi connectivity index (χ1) is 8.62. The van der Waals surface area contributed by atoms with Gasteiger partial charge < -0.3 is 23.3 Å². The quantitative estimate of drug-likeness (QED) is 0.305. The van der Waals surface area contributed by atoms with Crippen molar-refractivity contribution in [3.63, 3.8) is 0 Å². The molecule has 0 saturated carbocycles. The summed E-state index contributed by atoms with van der Waals surface area (Å²) < 4.78 is 0. The summed E-state index contributed by atoms with van der Waals surface area (Å²) in [6.07, 6.45) is 5.77. The molecule has 0 saturated heterocycles. The number of nitrogens with two attached hydrogens (primary N) is 1. The van der Waals surface area contributed by atoms with Crippen molar-refractivity contribution in [2.75, 3.05) is 24.2 Å². The fourth-order valence-corrected chi connectivity index (χ4v) is 3.08. The van der Waals surface area contributed by atoms with Gasteiger partial charge in [-0.1, -0.05) is 25.8 Å². The van der Waals surface area contributed by atoms with E-state index in [9.17, 15) is 0 Å². The molecule has 0 radical (unpaired) electrons. The van der Waals surface area contributed by atoms with E-state index in [0.717, 1.165) is 0 Å². The normalized spacial score (nSPS) is 9.89. The molecule has 8 heteroatoms. The van der Waals surface area contributed by atoms with Gasteiger partial charge in [-0.15, -0.1) is 7.92 Å². The summed E-state index contributed by atoms with van der Waals surface area (Å²) in [5.74, 6) is 0.162. The van der Waals surface area contributed by atoms with Crippen LogP contribution < -0.4 is 5.73 Å². The van der Waals surface area contributed by atoms with E-state index in [4.69, 9.17) is 18.4 Å². The van der Waals surface area contributed by atoms with Crippen LogP contribution in [-0.4, -0.2) is 38.4 Å². The summed E-state index contributed by atoms with van der Waals surface area (Å²) in [4.78, 5) is 14.3. The maximum Gasteiger partial charge on any atom is 1.00 e. The molecule has 2 heterocycles. The number of H-pyrrole nitrogens is 1. The Balaban J connectivity index is 0.000000360. The fourth-order valence-electron chi connectivity index (χ4n) is 1.49. The summed E-state index contributed by atoms with van der Waals surface area (Å²) in [5, 5.41) is 0.407. The molecule has 0 unspecified atom stereocenters. The minimum atomic E-state index is 0. The van der Waals surface area contributed by atoms with Gasteiger partial charge in [0.2, 0.25) is 5.95 Å². The van der Waals surface area contributed by atoms with Gasteiger partial charge >= 0.3 is 22.4 Å². The summed E-state index contributed by atoms with van der Waals surface area (Å²) in [7, 11) is 0.446. The Morgan fingerprint density at radius 2 is 1.79 bits per heavy atom. The van der Waals surface area contributed by atoms with E-state index >= 15 is 0 Å². The Kier molecular flexibility index (Phi) is 9.48. The second-order valence-corrected chi connectivity index (χ2v) is 7.23. The molecule has 0 aromatic carbocycles. The van der Waals surface area contributed by atoms with E-state index in [2.05, 4.69) is 40.7 Å². The van der Waals surface area contributed by atoms with Gasteiger partial charge in [0.1, 0.15) is 0 Å². The number of nitrogens with zero attached hydrogens (tertiary/aromatic N) is 3. The molecule has 0 fully saturated rings. The predicted molar refractivity (Wildman–Crippen MR) is 80.3 cm³/mol. The van der Waals surface area contributed by atoms with Crippen LogP contribution in [0.15, 0.2) is 11.4 Å². The summed E-state index contributed by atoms with van der Waals surface area (Å²) >= 11 is 4.89. The zero-order chi connectivity index (χ0) is 13.5. The van der Waals surface area contributed by atoms with Crippen LogP contribution in [0, 0.1) is 0 Å². The van der Waals surface area contributed by atoms with Crippen molar-refractivity contribution in [2.24, 2.45) is 0 Å². The number of nitrogens with one attached hydrogen (secondary N) is 1. The monoisotopic (exact) mass is 481 g/mol. The number of hydrogen-bond acceptors (Lipinski definition) is 5. The van der Waals surface area contributed by atoms with Gasteiger partial charge in [0.25, 0.3) is 0 Å². The van der Waals surface area contributed by atoms with Crippen molar-refractivity contribution in [2.45, 2.75) is 25.8 Å².